The van der Waals surface area contributed by atoms with E-state index in [0.717, 1.165) is 9.33 Å². The van der Waals surface area contributed by atoms with Gasteiger partial charge in [-0.3, -0.25) is 9.59 Å². The molecule has 0 saturated heterocycles. The van der Waals surface area contributed by atoms with Crippen LogP contribution in [0.1, 0.15) is 11.3 Å². The number of hydrazone groups is 1. The summed E-state index contributed by atoms with van der Waals surface area (Å²) < 4.78 is 11.4. The summed E-state index contributed by atoms with van der Waals surface area (Å²) in [4.78, 5) is 23.2. The zero-order valence-electron chi connectivity index (χ0n) is 12.9. The number of aryl methyl sites for hydroxylation is 1. The van der Waals surface area contributed by atoms with Gasteiger partial charge < -0.3 is 14.5 Å². The minimum atomic E-state index is -0.447. The molecule has 1 aromatic carbocycles. The lowest BCUT2D eigenvalue weighted by Gasteiger charge is -2.08. The molecule has 0 bridgehead atoms. The van der Waals surface area contributed by atoms with Crippen molar-refractivity contribution >= 4 is 40.6 Å². The molecule has 0 spiro atoms. The molecule has 2 rings (SSSR count). The molecule has 2 N–H and O–H groups in total. The Labute approximate surface area is 152 Å². The highest BCUT2D eigenvalue weighted by atomic mass is 127. The molecule has 126 valence electrons. The summed E-state index contributed by atoms with van der Waals surface area (Å²) in [5.41, 5.74) is 3.23. The molecular formula is C16H16IN3O4. The van der Waals surface area contributed by atoms with Gasteiger partial charge in [-0.15, -0.1) is 0 Å². The molecule has 0 aliphatic carbocycles. The van der Waals surface area contributed by atoms with Crippen LogP contribution >= 0.6 is 22.6 Å². The number of ether oxygens (including phenoxy) is 1. The molecule has 7 nitrogen and oxygen atoms in total. The van der Waals surface area contributed by atoms with Crippen LogP contribution in [-0.2, 0) is 9.59 Å². The summed E-state index contributed by atoms with van der Waals surface area (Å²) in [7, 11) is 0. The van der Waals surface area contributed by atoms with Crippen molar-refractivity contribution < 1.29 is 18.7 Å². The van der Waals surface area contributed by atoms with Gasteiger partial charge in [-0.05, 0) is 53.3 Å². The van der Waals surface area contributed by atoms with Gasteiger partial charge in [0.15, 0.2) is 10.4 Å². The summed E-state index contributed by atoms with van der Waals surface area (Å²) in [6.45, 7) is 1.54. The van der Waals surface area contributed by atoms with Crippen molar-refractivity contribution in [2.75, 3.05) is 13.2 Å². The first-order valence-electron chi connectivity index (χ1n) is 7.07. The van der Waals surface area contributed by atoms with E-state index < -0.39 is 11.8 Å². The average molecular weight is 441 g/mol. The van der Waals surface area contributed by atoms with E-state index in [0.29, 0.717) is 11.5 Å². The van der Waals surface area contributed by atoms with Crippen molar-refractivity contribution in [3.8, 4) is 5.75 Å². The van der Waals surface area contributed by atoms with E-state index >= 15 is 0 Å². The third kappa shape index (κ3) is 6.03. The van der Waals surface area contributed by atoms with Crippen LogP contribution in [0.15, 0.2) is 45.9 Å². The van der Waals surface area contributed by atoms with Crippen LogP contribution in [0.5, 0.6) is 5.75 Å². The highest BCUT2D eigenvalue weighted by molar-refractivity contribution is 14.1. The molecule has 1 aromatic heterocycles. The quantitative estimate of drug-likeness (QED) is 0.390. The summed E-state index contributed by atoms with van der Waals surface area (Å²) in [6.07, 6.45) is 1.38. The maximum absolute atomic E-state index is 11.7. The van der Waals surface area contributed by atoms with Gasteiger partial charge in [-0.2, -0.15) is 5.10 Å². The minimum Gasteiger partial charge on any atom is -0.484 e. The molecule has 0 radical (unpaired) electrons. The maximum Gasteiger partial charge on any atom is 0.259 e. The zero-order valence-corrected chi connectivity index (χ0v) is 15.1. The van der Waals surface area contributed by atoms with Gasteiger partial charge in [0.1, 0.15) is 11.5 Å². The third-order valence-corrected chi connectivity index (χ3v) is 3.45. The fourth-order valence-corrected chi connectivity index (χ4v) is 2.13. The Morgan fingerprint density at radius 1 is 1.25 bits per heavy atom. The van der Waals surface area contributed by atoms with Crippen LogP contribution in [0.3, 0.4) is 0 Å². The van der Waals surface area contributed by atoms with Crippen molar-refractivity contribution in [1.29, 1.82) is 0 Å². The van der Waals surface area contributed by atoms with Crippen molar-refractivity contribution in [3.05, 3.63) is 51.5 Å². The lowest BCUT2D eigenvalue weighted by atomic mass is 10.2. The molecule has 0 fully saturated rings. The molecule has 8 heteroatoms. The lowest BCUT2D eigenvalue weighted by molar-refractivity contribution is -0.127. The van der Waals surface area contributed by atoms with Crippen molar-refractivity contribution in [1.82, 2.24) is 10.7 Å². The van der Waals surface area contributed by atoms with E-state index in [-0.39, 0.29) is 13.2 Å². The Morgan fingerprint density at radius 2 is 2.04 bits per heavy atom. The number of hydrogen-bond donors (Lipinski definition) is 2. The Balaban J connectivity index is 1.66. The largest absolute Gasteiger partial charge is 0.484 e. The van der Waals surface area contributed by atoms with Crippen LogP contribution in [0.25, 0.3) is 0 Å². The second-order valence-electron chi connectivity index (χ2n) is 4.77. The summed E-state index contributed by atoms with van der Waals surface area (Å²) >= 11 is 2.03. The van der Waals surface area contributed by atoms with Gasteiger partial charge in [0, 0.05) is 0 Å². The molecular weight excluding hydrogens is 425 g/mol. The number of carbonyl (C=O) groups is 2. The number of benzene rings is 1. The number of hydrogen-bond acceptors (Lipinski definition) is 5. The van der Waals surface area contributed by atoms with Crippen molar-refractivity contribution in [2.45, 2.75) is 6.92 Å². The Bertz CT molecular complexity index is 742. The molecule has 0 saturated carbocycles. The zero-order chi connectivity index (χ0) is 17.4. The molecule has 24 heavy (non-hydrogen) atoms. The lowest BCUT2D eigenvalue weighted by Crippen LogP contribution is -2.37. The smallest absolute Gasteiger partial charge is 0.259 e. The second-order valence-corrected chi connectivity index (χ2v) is 5.83. The normalized spacial score (nSPS) is 10.6. The number of para-hydroxylation sites is 1. The van der Waals surface area contributed by atoms with E-state index in [1.807, 2.05) is 47.7 Å². The summed E-state index contributed by atoms with van der Waals surface area (Å²) in [6, 6.07) is 10.9. The number of amides is 2. The Hall–Kier alpha value is -2.36. The monoisotopic (exact) mass is 441 g/mol. The van der Waals surface area contributed by atoms with Crippen LogP contribution in [-0.4, -0.2) is 31.2 Å². The van der Waals surface area contributed by atoms with E-state index in [1.54, 1.807) is 18.2 Å². The topological polar surface area (TPSA) is 92.9 Å². The number of furan rings is 1. The fraction of sp³-hybridized carbons (Fsp3) is 0.188. The number of nitrogens with one attached hydrogen (secondary N) is 2. The first-order chi connectivity index (χ1) is 11.5. The van der Waals surface area contributed by atoms with Crippen molar-refractivity contribution in [2.24, 2.45) is 5.10 Å². The second kappa shape index (κ2) is 9.06. The van der Waals surface area contributed by atoms with E-state index in [4.69, 9.17) is 9.15 Å². The standard InChI is InChI=1S/C16H16IN3O4/c1-11-4-2-3-5-13(11)23-10-16(22)18-9-15(21)20-19-8-12-6-7-14(17)24-12/h2-8H,9-10H2,1H3,(H,18,22)(H,20,21)/b19-8-. The van der Waals surface area contributed by atoms with Crippen LogP contribution in [0, 0.1) is 10.7 Å². The molecule has 1 heterocycles. The van der Waals surface area contributed by atoms with Crippen LogP contribution in [0.2, 0.25) is 0 Å². The first kappa shape index (κ1) is 18.0. The number of nitrogens with zero attached hydrogens (tertiary/aromatic N) is 1. The SMILES string of the molecule is Cc1ccccc1OCC(=O)NCC(=O)N/N=C\c1ccc(I)o1. The molecule has 2 aromatic rings. The van der Waals surface area contributed by atoms with Gasteiger partial charge in [0.25, 0.3) is 11.8 Å². The first-order valence-corrected chi connectivity index (χ1v) is 8.15. The fourth-order valence-electron chi connectivity index (χ4n) is 1.70. The maximum atomic E-state index is 11.7. The average Bonchev–Trinajstić information content (AvgIpc) is 2.97. The van der Waals surface area contributed by atoms with Crippen molar-refractivity contribution in [3.63, 3.8) is 0 Å². The number of halogens is 1. The van der Waals surface area contributed by atoms with Gasteiger partial charge in [-0.1, -0.05) is 18.2 Å². The molecule has 0 atom stereocenters. The van der Waals surface area contributed by atoms with E-state index in [9.17, 15) is 9.59 Å². The predicted octanol–water partition coefficient (Wildman–Crippen LogP) is 1.84. The van der Waals surface area contributed by atoms with Gasteiger partial charge in [0.2, 0.25) is 0 Å². The van der Waals surface area contributed by atoms with Crippen LogP contribution in [0.4, 0.5) is 0 Å². The van der Waals surface area contributed by atoms with Gasteiger partial charge in [0.05, 0.1) is 12.8 Å². The van der Waals surface area contributed by atoms with Gasteiger partial charge in [-0.25, -0.2) is 5.43 Å². The number of rotatable bonds is 7. The predicted molar refractivity (Wildman–Crippen MR) is 96.8 cm³/mol. The minimum absolute atomic E-state index is 0.160. The van der Waals surface area contributed by atoms with E-state index in [1.165, 1.54) is 6.21 Å². The highest BCUT2D eigenvalue weighted by Gasteiger charge is 2.06. The molecule has 2 amide bonds. The Morgan fingerprint density at radius 3 is 2.75 bits per heavy atom. The summed E-state index contributed by atoms with van der Waals surface area (Å²) in [5, 5.41) is 6.18. The highest BCUT2D eigenvalue weighted by Crippen LogP contribution is 2.15. The molecule has 0 unspecified atom stereocenters. The summed E-state index contributed by atoms with van der Waals surface area (Å²) in [5.74, 6) is 0.319. The van der Waals surface area contributed by atoms with E-state index in [2.05, 4.69) is 15.8 Å². The third-order valence-electron chi connectivity index (χ3n) is 2.87. The Kier molecular flexibility index (Phi) is 6.79. The van der Waals surface area contributed by atoms with Gasteiger partial charge >= 0.3 is 0 Å². The molecule has 0 aliphatic rings. The molecule has 0 aliphatic heterocycles. The number of carbonyl (C=O) groups excluding carboxylic acids is 2. The van der Waals surface area contributed by atoms with Crippen LogP contribution < -0.4 is 15.5 Å².